The third-order valence-electron chi connectivity index (χ3n) is 2.05. The number of nitrogens with zero attached hydrogens (tertiary/aromatic N) is 3. The molecule has 2 N–H and O–H groups in total. The lowest BCUT2D eigenvalue weighted by atomic mass is 10.4. The van der Waals surface area contributed by atoms with Crippen molar-refractivity contribution in [2.45, 2.75) is 6.92 Å². The fraction of sp³-hybridized carbons (Fsp3) is 0.333. The Labute approximate surface area is 91.2 Å². The predicted molar refractivity (Wildman–Crippen MR) is 58.7 cm³/mol. The van der Waals surface area contributed by atoms with Crippen LogP contribution in [0.25, 0.3) is 0 Å². The first-order valence-electron chi connectivity index (χ1n) is 4.81. The summed E-state index contributed by atoms with van der Waals surface area (Å²) in [5.41, 5.74) is 0.257. The van der Waals surface area contributed by atoms with Gasteiger partial charge in [-0.3, -0.25) is 25.0 Å². The number of H-pyrrole nitrogens is 1. The lowest BCUT2D eigenvalue weighted by molar-refractivity contribution is 0.237. The van der Waals surface area contributed by atoms with Gasteiger partial charge < -0.3 is 0 Å². The standard InChI is InChI=1S/C9H11N5O2/c1-6-4-7(15)12-8(11-6)13-9(16)14-3-2-10-5-14/h4-5H,2-3H2,1H3,(H2,11,12,13,15,16). The average molecular weight is 221 g/mol. The lowest BCUT2D eigenvalue weighted by Gasteiger charge is -2.12. The number of anilines is 1. The zero-order valence-corrected chi connectivity index (χ0v) is 8.73. The molecule has 2 amide bonds. The van der Waals surface area contributed by atoms with Crippen LogP contribution >= 0.6 is 0 Å². The Kier molecular flexibility index (Phi) is 2.67. The number of hydrogen-bond acceptors (Lipinski definition) is 4. The van der Waals surface area contributed by atoms with Gasteiger partial charge in [0.05, 0.1) is 12.9 Å². The Morgan fingerprint density at radius 1 is 1.62 bits per heavy atom. The Bertz CT molecular complexity index is 493. The van der Waals surface area contributed by atoms with Gasteiger partial charge in [0.15, 0.2) is 0 Å². The summed E-state index contributed by atoms with van der Waals surface area (Å²) >= 11 is 0. The number of aliphatic imine (C=N–C) groups is 1. The monoisotopic (exact) mass is 221 g/mol. The Hall–Kier alpha value is -2.18. The second-order valence-electron chi connectivity index (χ2n) is 3.38. The van der Waals surface area contributed by atoms with Crippen LogP contribution < -0.4 is 10.9 Å². The minimum absolute atomic E-state index is 0.148. The maximum atomic E-state index is 11.6. The van der Waals surface area contributed by atoms with Crippen molar-refractivity contribution < 1.29 is 4.79 Å². The molecule has 0 bridgehead atoms. The Balaban J connectivity index is 2.11. The molecule has 16 heavy (non-hydrogen) atoms. The SMILES string of the molecule is Cc1cc(=O)[nH]c(NC(=O)N2C=NCC2)n1. The van der Waals surface area contributed by atoms with Gasteiger partial charge in [-0.05, 0) is 6.92 Å². The van der Waals surface area contributed by atoms with E-state index in [4.69, 9.17) is 0 Å². The van der Waals surface area contributed by atoms with E-state index in [0.29, 0.717) is 18.8 Å². The minimum Gasteiger partial charge on any atom is -0.292 e. The molecule has 0 saturated heterocycles. The number of hydrogen-bond donors (Lipinski definition) is 2. The van der Waals surface area contributed by atoms with Crippen LogP contribution in [0.2, 0.25) is 0 Å². The molecule has 1 aromatic heterocycles. The summed E-state index contributed by atoms with van der Waals surface area (Å²) in [5.74, 6) is 0.148. The highest BCUT2D eigenvalue weighted by molar-refractivity contribution is 5.95. The van der Waals surface area contributed by atoms with Gasteiger partial charge in [0.2, 0.25) is 5.95 Å². The molecule has 0 unspecified atom stereocenters. The number of aryl methyl sites for hydroxylation is 1. The third kappa shape index (κ3) is 2.25. The van der Waals surface area contributed by atoms with Crippen molar-refractivity contribution in [3.05, 3.63) is 22.1 Å². The molecule has 1 aromatic rings. The largest absolute Gasteiger partial charge is 0.329 e. The van der Waals surface area contributed by atoms with Crippen LogP contribution in [0, 0.1) is 6.92 Å². The van der Waals surface area contributed by atoms with Crippen LogP contribution in [0.5, 0.6) is 0 Å². The molecule has 7 nitrogen and oxygen atoms in total. The quantitative estimate of drug-likeness (QED) is 0.696. The first kappa shape index (κ1) is 10.3. The van der Waals surface area contributed by atoms with Crippen molar-refractivity contribution in [3.8, 4) is 0 Å². The molecular weight excluding hydrogens is 210 g/mol. The van der Waals surface area contributed by atoms with E-state index < -0.39 is 0 Å². The molecule has 7 heteroatoms. The zero-order chi connectivity index (χ0) is 11.5. The number of carbonyl (C=O) groups is 1. The van der Waals surface area contributed by atoms with Crippen molar-refractivity contribution in [1.29, 1.82) is 0 Å². The molecule has 2 rings (SSSR count). The molecule has 84 valence electrons. The highest BCUT2D eigenvalue weighted by atomic mass is 16.2. The van der Waals surface area contributed by atoms with Crippen LogP contribution in [-0.2, 0) is 0 Å². The van der Waals surface area contributed by atoms with E-state index in [-0.39, 0.29) is 17.5 Å². The van der Waals surface area contributed by atoms with Gasteiger partial charge in [-0.1, -0.05) is 0 Å². The normalized spacial score (nSPS) is 14.2. The third-order valence-corrected chi connectivity index (χ3v) is 2.05. The van der Waals surface area contributed by atoms with Crippen LogP contribution in [-0.4, -0.2) is 40.3 Å². The highest BCUT2D eigenvalue weighted by Crippen LogP contribution is 2.00. The topological polar surface area (TPSA) is 90.5 Å². The molecule has 1 aliphatic heterocycles. The average Bonchev–Trinajstić information content (AvgIpc) is 2.68. The van der Waals surface area contributed by atoms with Crippen LogP contribution in [0.15, 0.2) is 15.9 Å². The molecule has 0 radical (unpaired) electrons. The second kappa shape index (κ2) is 4.13. The number of nitrogens with one attached hydrogen (secondary N) is 2. The smallest absolute Gasteiger partial charge is 0.292 e. The molecule has 0 saturated carbocycles. The van der Waals surface area contributed by atoms with Crippen molar-refractivity contribution in [2.24, 2.45) is 4.99 Å². The number of carbonyl (C=O) groups excluding carboxylic acids is 1. The van der Waals surface area contributed by atoms with Gasteiger partial charge in [-0.2, -0.15) is 0 Å². The molecule has 0 aromatic carbocycles. The lowest BCUT2D eigenvalue weighted by Crippen LogP contribution is -2.33. The fourth-order valence-electron chi connectivity index (χ4n) is 1.34. The van der Waals surface area contributed by atoms with E-state index in [2.05, 4.69) is 20.3 Å². The molecule has 0 atom stereocenters. The van der Waals surface area contributed by atoms with E-state index in [9.17, 15) is 9.59 Å². The van der Waals surface area contributed by atoms with E-state index in [1.54, 1.807) is 6.92 Å². The van der Waals surface area contributed by atoms with Crippen molar-refractivity contribution >= 4 is 18.3 Å². The summed E-state index contributed by atoms with van der Waals surface area (Å²) in [6.07, 6.45) is 1.46. The zero-order valence-electron chi connectivity index (χ0n) is 8.73. The van der Waals surface area contributed by atoms with Gasteiger partial charge in [-0.15, -0.1) is 0 Å². The van der Waals surface area contributed by atoms with Gasteiger partial charge in [-0.25, -0.2) is 9.78 Å². The van der Waals surface area contributed by atoms with Gasteiger partial charge in [0.25, 0.3) is 5.56 Å². The predicted octanol–water partition coefficient (Wildman–Crippen LogP) is -0.0459. The van der Waals surface area contributed by atoms with Crippen LogP contribution in [0.4, 0.5) is 10.7 Å². The number of aromatic nitrogens is 2. The van der Waals surface area contributed by atoms with Crippen LogP contribution in [0.1, 0.15) is 5.69 Å². The number of urea groups is 1. The molecule has 1 aliphatic rings. The Morgan fingerprint density at radius 3 is 3.06 bits per heavy atom. The summed E-state index contributed by atoms with van der Waals surface area (Å²) in [7, 11) is 0. The molecule has 0 aliphatic carbocycles. The van der Waals surface area contributed by atoms with Gasteiger partial charge >= 0.3 is 6.03 Å². The van der Waals surface area contributed by atoms with Crippen molar-refractivity contribution in [3.63, 3.8) is 0 Å². The summed E-state index contributed by atoms with van der Waals surface area (Å²) in [6.45, 7) is 2.83. The van der Waals surface area contributed by atoms with Gasteiger partial charge in [0, 0.05) is 18.3 Å². The van der Waals surface area contributed by atoms with Crippen molar-refractivity contribution in [1.82, 2.24) is 14.9 Å². The van der Waals surface area contributed by atoms with Crippen molar-refractivity contribution in [2.75, 3.05) is 18.4 Å². The summed E-state index contributed by atoms with van der Waals surface area (Å²) in [4.78, 5) is 34.5. The second-order valence-corrected chi connectivity index (χ2v) is 3.38. The number of aromatic amines is 1. The molecule has 0 spiro atoms. The maximum absolute atomic E-state index is 11.6. The molecular formula is C9H11N5O2. The summed E-state index contributed by atoms with van der Waals surface area (Å²) < 4.78 is 0. The van der Waals surface area contributed by atoms with E-state index in [0.717, 1.165) is 0 Å². The summed E-state index contributed by atoms with van der Waals surface area (Å²) in [6, 6.07) is 1.00. The maximum Gasteiger partial charge on any atom is 0.329 e. The fourth-order valence-corrected chi connectivity index (χ4v) is 1.34. The van der Waals surface area contributed by atoms with Gasteiger partial charge in [0.1, 0.15) is 0 Å². The number of rotatable bonds is 1. The van der Waals surface area contributed by atoms with E-state index in [1.807, 2.05) is 0 Å². The number of amides is 2. The minimum atomic E-state index is -0.352. The van der Waals surface area contributed by atoms with E-state index in [1.165, 1.54) is 17.3 Å². The molecule has 0 fully saturated rings. The first-order chi connectivity index (χ1) is 7.65. The summed E-state index contributed by atoms with van der Waals surface area (Å²) in [5, 5.41) is 2.49. The highest BCUT2D eigenvalue weighted by Gasteiger charge is 2.15. The Morgan fingerprint density at radius 2 is 2.44 bits per heavy atom. The van der Waals surface area contributed by atoms with Crippen LogP contribution in [0.3, 0.4) is 0 Å². The first-order valence-corrected chi connectivity index (χ1v) is 4.81. The van der Waals surface area contributed by atoms with E-state index >= 15 is 0 Å². The molecule has 2 heterocycles.